The molecule has 1 aromatic carbocycles. The van der Waals surface area contributed by atoms with Crippen LogP contribution in [0.2, 0.25) is 0 Å². The van der Waals surface area contributed by atoms with Crippen molar-refractivity contribution in [2.75, 3.05) is 13.1 Å². The van der Waals surface area contributed by atoms with Gasteiger partial charge in [-0.15, -0.1) is 0 Å². The van der Waals surface area contributed by atoms with Crippen molar-refractivity contribution in [1.82, 2.24) is 4.31 Å². The number of sulfonamides is 1. The summed E-state index contributed by atoms with van der Waals surface area (Å²) in [5.74, 6) is 0. The number of benzene rings is 1. The normalized spacial score (nSPS) is 21.9. The van der Waals surface area contributed by atoms with Crippen LogP contribution >= 0.6 is 15.9 Å². The lowest BCUT2D eigenvalue weighted by atomic mass is 10.2. The predicted molar refractivity (Wildman–Crippen MR) is 68.3 cm³/mol. The van der Waals surface area contributed by atoms with Gasteiger partial charge in [0, 0.05) is 17.6 Å². The van der Waals surface area contributed by atoms with Crippen LogP contribution in [-0.4, -0.2) is 37.0 Å². The highest BCUT2D eigenvalue weighted by Gasteiger charge is 2.32. The molecule has 1 aliphatic rings. The highest BCUT2D eigenvalue weighted by atomic mass is 79.9. The first-order chi connectivity index (χ1) is 7.91. The summed E-state index contributed by atoms with van der Waals surface area (Å²) in [6, 6.07) is 5.19. The summed E-state index contributed by atoms with van der Waals surface area (Å²) in [7, 11) is -3.48. The molecule has 0 saturated carbocycles. The van der Waals surface area contributed by atoms with Gasteiger partial charge in [0.15, 0.2) is 0 Å². The van der Waals surface area contributed by atoms with E-state index < -0.39 is 16.1 Å². The van der Waals surface area contributed by atoms with Crippen molar-refractivity contribution < 1.29 is 13.5 Å². The van der Waals surface area contributed by atoms with Gasteiger partial charge in [0.05, 0.1) is 11.0 Å². The zero-order valence-corrected chi connectivity index (χ0v) is 11.8. The molecule has 4 nitrogen and oxygen atoms in total. The monoisotopic (exact) mass is 319 g/mol. The van der Waals surface area contributed by atoms with E-state index in [2.05, 4.69) is 15.9 Å². The summed E-state index contributed by atoms with van der Waals surface area (Å²) in [6.07, 6.45) is -0.0380. The molecule has 1 N–H and O–H groups in total. The van der Waals surface area contributed by atoms with Crippen molar-refractivity contribution in [2.24, 2.45) is 0 Å². The third kappa shape index (κ3) is 2.54. The minimum atomic E-state index is -3.48. The quantitative estimate of drug-likeness (QED) is 0.899. The maximum absolute atomic E-state index is 12.3. The van der Waals surface area contributed by atoms with Crippen molar-refractivity contribution >= 4 is 26.0 Å². The molecule has 1 saturated heterocycles. The van der Waals surface area contributed by atoms with Gasteiger partial charge >= 0.3 is 0 Å². The smallest absolute Gasteiger partial charge is 0.243 e. The Morgan fingerprint density at radius 2 is 2.18 bits per heavy atom. The standard InChI is InChI=1S/C11H14BrNO3S/c1-8-2-3-9(12)6-11(8)17(15,16)13-5-4-10(14)7-13/h2-3,6,10,14H,4-5,7H2,1H3/t10-/m1/s1. The van der Waals surface area contributed by atoms with Gasteiger partial charge in [-0.1, -0.05) is 22.0 Å². The lowest BCUT2D eigenvalue weighted by molar-refractivity contribution is 0.189. The van der Waals surface area contributed by atoms with Crippen molar-refractivity contribution in [2.45, 2.75) is 24.3 Å². The van der Waals surface area contributed by atoms with E-state index in [1.54, 1.807) is 19.1 Å². The molecule has 0 radical (unpaired) electrons. The van der Waals surface area contributed by atoms with E-state index in [1.807, 2.05) is 6.07 Å². The molecule has 0 spiro atoms. The van der Waals surface area contributed by atoms with Crippen LogP contribution < -0.4 is 0 Å². The predicted octanol–water partition coefficient (Wildman–Crippen LogP) is 1.51. The first kappa shape index (κ1) is 13.0. The Morgan fingerprint density at radius 3 is 2.76 bits per heavy atom. The molecule has 0 aliphatic carbocycles. The fourth-order valence-electron chi connectivity index (χ4n) is 1.92. The van der Waals surface area contributed by atoms with E-state index in [4.69, 9.17) is 0 Å². The number of rotatable bonds is 2. The Labute approximate surface area is 109 Å². The van der Waals surface area contributed by atoms with E-state index in [-0.39, 0.29) is 6.54 Å². The van der Waals surface area contributed by atoms with E-state index in [1.165, 1.54) is 4.31 Å². The topological polar surface area (TPSA) is 57.6 Å². The number of aryl methyl sites for hydroxylation is 1. The molecule has 2 rings (SSSR count). The van der Waals surface area contributed by atoms with Crippen LogP contribution in [0.4, 0.5) is 0 Å². The molecule has 1 aromatic rings. The Bertz CT molecular complexity index is 530. The van der Waals surface area contributed by atoms with Crippen LogP contribution in [-0.2, 0) is 10.0 Å². The highest BCUT2D eigenvalue weighted by Crippen LogP contribution is 2.26. The third-order valence-corrected chi connectivity index (χ3v) is 5.39. The molecule has 1 aliphatic heterocycles. The SMILES string of the molecule is Cc1ccc(Br)cc1S(=O)(=O)N1CC[C@@H](O)C1. The van der Waals surface area contributed by atoms with Crippen molar-refractivity contribution in [3.05, 3.63) is 28.2 Å². The summed E-state index contributed by atoms with van der Waals surface area (Å²) < 4.78 is 26.8. The molecule has 94 valence electrons. The van der Waals surface area contributed by atoms with E-state index in [0.717, 1.165) is 10.0 Å². The molecule has 0 unspecified atom stereocenters. The fourth-order valence-corrected chi connectivity index (χ4v) is 4.18. The minimum absolute atomic E-state index is 0.189. The second-order valence-electron chi connectivity index (χ2n) is 4.22. The van der Waals surface area contributed by atoms with Gasteiger partial charge in [-0.3, -0.25) is 0 Å². The number of nitrogens with zero attached hydrogens (tertiary/aromatic N) is 1. The minimum Gasteiger partial charge on any atom is -0.392 e. The van der Waals surface area contributed by atoms with Gasteiger partial charge in [-0.2, -0.15) is 4.31 Å². The number of aliphatic hydroxyl groups excluding tert-OH is 1. The molecule has 1 fully saturated rings. The van der Waals surface area contributed by atoms with Crippen LogP contribution in [0.5, 0.6) is 0 Å². The van der Waals surface area contributed by atoms with Crippen LogP contribution in [0.3, 0.4) is 0 Å². The van der Waals surface area contributed by atoms with Gasteiger partial charge in [0.1, 0.15) is 0 Å². The van der Waals surface area contributed by atoms with Crippen molar-refractivity contribution in [3.8, 4) is 0 Å². The first-order valence-corrected chi connectivity index (χ1v) is 7.59. The van der Waals surface area contributed by atoms with Crippen LogP contribution in [0.1, 0.15) is 12.0 Å². The first-order valence-electron chi connectivity index (χ1n) is 5.35. The van der Waals surface area contributed by atoms with E-state index in [9.17, 15) is 13.5 Å². The van der Waals surface area contributed by atoms with Gasteiger partial charge in [0.25, 0.3) is 0 Å². The van der Waals surface area contributed by atoms with E-state index >= 15 is 0 Å². The Kier molecular flexibility index (Phi) is 3.58. The van der Waals surface area contributed by atoms with Gasteiger partial charge < -0.3 is 5.11 Å². The third-order valence-electron chi connectivity index (χ3n) is 2.89. The molecular weight excluding hydrogens is 306 g/mol. The number of aliphatic hydroxyl groups is 1. The van der Waals surface area contributed by atoms with Crippen molar-refractivity contribution in [3.63, 3.8) is 0 Å². The lowest BCUT2D eigenvalue weighted by Crippen LogP contribution is -2.30. The number of halogens is 1. The average molecular weight is 320 g/mol. The summed E-state index contributed by atoms with van der Waals surface area (Å²) in [6.45, 7) is 2.34. The summed E-state index contributed by atoms with van der Waals surface area (Å²) in [5.41, 5.74) is 0.717. The molecule has 1 atom stereocenters. The van der Waals surface area contributed by atoms with Gasteiger partial charge in [0.2, 0.25) is 10.0 Å². The van der Waals surface area contributed by atoms with Crippen LogP contribution in [0.15, 0.2) is 27.6 Å². The van der Waals surface area contributed by atoms with E-state index in [0.29, 0.717) is 17.9 Å². The molecule has 0 aromatic heterocycles. The van der Waals surface area contributed by atoms with Gasteiger partial charge in [-0.05, 0) is 31.0 Å². The largest absolute Gasteiger partial charge is 0.392 e. The maximum atomic E-state index is 12.3. The van der Waals surface area contributed by atoms with Crippen LogP contribution in [0, 0.1) is 6.92 Å². The number of hydrogen-bond acceptors (Lipinski definition) is 3. The van der Waals surface area contributed by atoms with Gasteiger partial charge in [-0.25, -0.2) is 8.42 Å². The number of hydrogen-bond donors (Lipinski definition) is 1. The highest BCUT2D eigenvalue weighted by molar-refractivity contribution is 9.10. The summed E-state index contributed by atoms with van der Waals surface area (Å²) in [4.78, 5) is 0.306. The molecule has 1 heterocycles. The second kappa shape index (κ2) is 4.68. The Balaban J connectivity index is 2.41. The average Bonchev–Trinajstić information content (AvgIpc) is 2.69. The summed E-state index contributed by atoms with van der Waals surface area (Å²) in [5, 5.41) is 9.42. The number of β-amino-alcohol motifs (C(OH)–C–C–N with tert-alkyl or cyclic N) is 1. The molecular formula is C11H14BrNO3S. The molecule has 0 amide bonds. The zero-order chi connectivity index (χ0) is 12.6. The maximum Gasteiger partial charge on any atom is 0.243 e. The second-order valence-corrected chi connectivity index (χ2v) is 7.04. The summed E-state index contributed by atoms with van der Waals surface area (Å²) >= 11 is 3.28. The molecule has 17 heavy (non-hydrogen) atoms. The van der Waals surface area contributed by atoms with Crippen molar-refractivity contribution in [1.29, 1.82) is 0 Å². The fraction of sp³-hybridized carbons (Fsp3) is 0.455. The van der Waals surface area contributed by atoms with Crippen LogP contribution in [0.25, 0.3) is 0 Å². The molecule has 0 bridgehead atoms. The molecule has 6 heteroatoms. The Hall–Kier alpha value is -0.430. The zero-order valence-electron chi connectivity index (χ0n) is 9.43. The Morgan fingerprint density at radius 1 is 1.47 bits per heavy atom. The lowest BCUT2D eigenvalue weighted by Gasteiger charge is -2.17.